The minimum absolute atomic E-state index is 0.599. The van der Waals surface area contributed by atoms with Crippen LogP contribution in [0.15, 0.2) is 0 Å². The molecule has 3 atom stereocenters. The van der Waals surface area contributed by atoms with Gasteiger partial charge < -0.3 is 0 Å². The Morgan fingerprint density at radius 3 is 2.43 bits per heavy atom. The summed E-state index contributed by atoms with van der Waals surface area (Å²) < 4.78 is 0. The SMILES string of the molecule is CC1C2CCCC1(C)CC(C)(C)CC2. The van der Waals surface area contributed by atoms with Crippen LogP contribution in [0, 0.1) is 22.7 Å². The van der Waals surface area contributed by atoms with Crippen molar-refractivity contribution in [3.8, 4) is 0 Å². The largest absolute Gasteiger partial charge is 0.0617 e. The third-order valence-electron chi connectivity index (χ3n) is 5.20. The van der Waals surface area contributed by atoms with E-state index in [0.717, 1.165) is 11.8 Å². The molecule has 2 bridgehead atoms. The Hall–Kier alpha value is 0. The molecule has 0 aromatic carbocycles. The number of rotatable bonds is 0. The van der Waals surface area contributed by atoms with Gasteiger partial charge in [-0.3, -0.25) is 0 Å². The molecule has 0 amide bonds. The lowest BCUT2D eigenvalue weighted by Gasteiger charge is -2.44. The standard InChI is InChI=1S/C14H26/c1-11-12-6-5-8-14(11,4)10-13(2,3)9-7-12/h11-12H,5-10H2,1-4H3. The van der Waals surface area contributed by atoms with Gasteiger partial charge in [0.2, 0.25) is 0 Å². The van der Waals surface area contributed by atoms with Crippen molar-refractivity contribution in [3.05, 3.63) is 0 Å². The molecule has 0 N–H and O–H groups in total. The van der Waals surface area contributed by atoms with Gasteiger partial charge in [0, 0.05) is 0 Å². The first kappa shape index (κ1) is 10.5. The first-order valence-electron chi connectivity index (χ1n) is 6.43. The monoisotopic (exact) mass is 194 g/mol. The molecule has 0 heterocycles. The fourth-order valence-corrected chi connectivity index (χ4v) is 4.22. The molecule has 0 saturated heterocycles. The van der Waals surface area contributed by atoms with Gasteiger partial charge >= 0.3 is 0 Å². The van der Waals surface area contributed by atoms with Crippen molar-refractivity contribution in [2.45, 2.75) is 66.2 Å². The quantitative estimate of drug-likeness (QED) is 0.527. The highest BCUT2D eigenvalue weighted by atomic mass is 14.5. The Balaban J connectivity index is 2.25. The Morgan fingerprint density at radius 1 is 1.00 bits per heavy atom. The zero-order chi connectivity index (χ0) is 10.4. The third-order valence-corrected chi connectivity index (χ3v) is 5.20. The maximum Gasteiger partial charge on any atom is -0.0292 e. The smallest absolute Gasteiger partial charge is 0.0292 e. The van der Waals surface area contributed by atoms with Crippen molar-refractivity contribution < 1.29 is 0 Å². The third kappa shape index (κ3) is 1.73. The van der Waals surface area contributed by atoms with Crippen molar-refractivity contribution >= 4 is 0 Å². The van der Waals surface area contributed by atoms with Crippen LogP contribution in [0.5, 0.6) is 0 Å². The summed E-state index contributed by atoms with van der Waals surface area (Å²) in [6.45, 7) is 10.0. The van der Waals surface area contributed by atoms with Crippen LogP contribution in [0.4, 0.5) is 0 Å². The van der Waals surface area contributed by atoms with E-state index >= 15 is 0 Å². The molecule has 2 aliphatic rings. The average molecular weight is 194 g/mol. The molecule has 0 radical (unpaired) electrons. The predicted molar refractivity (Wildman–Crippen MR) is 62.2 cm³/mol. The second kappa shape index (κ2) is 3.25. The number of hydrogen-bond donors (Lipinski definition) is 0. The van der Waals surface area contributed by atoms with Gasteiger partial charge in [-0.25, -0.2) is 0 Å². The van der Waals surface area contributed by atoms with E-state index in [2.05, 4.69) is 27.7 Å². The second-order valence-electron chi connectivity index (χ2n) is 6.97. The zero-order valence-corrected chi connectivity index (χ0v) is 10.4. The predicted octanol–water partition coefficient (Wildman–Crippen LogP) is 4.64. The van der Waals surface area contributed by atoms with Crippen LogP contribution in [-0.2, 0) is 0 Å². The molecule has 2 saturated carbocycles. The summed E-state index contributed by atoms with van der Waals surface area (Å²) in [5, 5.41) is 0. The van der Waals surface area contributed by atoms with Crippen molar-refractivity contribution in [1.82, 2.24) is 0 Å². The van der Waals surface area contributed by atoms with E-state index in [9.17, 15) is 0 Å². The molecule has 0 aromatic heterocycles. The fourth-order valence-electron chi connectivity index (χ4n) is 4.22. The highest BCUT2D eigenvalue weighted by molar-refractivity contribution is 4.95. The summed E-state index contributed by atoms with van der Waals surface area (Å²) in [6, 6.07) is 0. The molecule has 82 valence electrons. The zero-order valence-electron chi connectivity index (χ0n) is 10.4. The molecular weight excluding hydrogens is 168 g/mol. The minimum Gasteiger partial charge on any atom is -0.0617 e. The normalized spacial score (nSPS) is 47.1. The van der Waals surface area contributed by atoms with E-state index < -0.39 is 0 Å². The van der Waals surface area contributed by atoms with Gasteiger partial charge in [0.05, 0.1) is 0 Å². The first-order valence-corrected chi connectivity index (χ1v) is 6.43. The van der Waals surface area contributed by atoms with Crippen molar-refractivity contribution in [1.29, 1.82) is 0 Å². The Bertz CT molecular complexity index is 216. The summed E-state index contributed by atoms with van der Waals surface area (Å²) in [5.74, 6) is 2.01. The topological polar surface area (TPSA) is 0 Å². The van der Waals surface area contributed by atoms with Gasteiger partial charge in [-0.1, -0.05) is 40.5 Å². The summed E-state index contributed by atoms with van der Waals surface area (Å²) in [7, 11) is 0. The number of hydrogen-bond acceptors (Lipinski definition) is 0. The summed E-state index contributed by atoms with van der Waals surface area (Å²) in [6.07, 6.45) is 8.88. The van der Waals surface area contributed by atoms with Crippen LogP contribution in [0.1, 0.15) is 66.2 Å². The van der Waals surface area contributed by atoms with Crippen molar-refractivity contribution in [2.24, 2.45) is 22.7 Å². The van der Waals surface area contributed by atoms with E-state index in [-0.39, 0.29) is 0 Å². The van der Waals surface area contributed by atoms with Crippen LogP contribution >= 0.6 is 0 Å². The molecule has 0 aromatic rings. The van der Waals surface area contributed by atoms with Crippen LogP contribution in [-0.4, -0.2) is 0 Å². The number of fused-ring (bicyclic) bond motifs is 2. The Kier molecular flexibility index (Phi) is 2.44. The van der Waals surface area contributed by atoms with Gasteiger partial charge in [0.25, 0.3) is 0 Å². The van der Waals surface area contributed by atoms with Gasteiger partial charge in [-0.05, 0) is 48.3 Å². The van der Waals surface area contributed by atoms with Gasteiger partial charge in [0.1, 0.15) is 0 Å². The molecule has 2 fully saturated rings. The van der Waals surface area contributed by atoms with Crippen molar-refractivity contribution in [3.63, 3.8) is 0 Å². The summed E-state index contributed by atoms with van der Waals surface area (Å²) >= 11 is 0. The minimum atomic E-state index is 0.599. The van der Waals surface area contributed by atoms with Gasteiger partial charge in [-0.15, -0.1) is 0 Å². The van der Waals surface area contributed by atoms with E-state index in [1.165, 1.54) is 38.5 Å². The van der Waals surface area contributed by atoms with E-state index in [4.69, 9.17) is 0 Å². The molecule has 2 rings (SSSR count). The molecular formula is C14H26. The highest BCUT2D eigenvalue weighted by Gasteiger charge is 2.45. The van der Waals surface area contributed by atoms with Gasteiger partial charge in [0.15, 0.2) is 0 Å². The molecule has 3 unspecified atom stereocenters. The fraction of sp³-hybridized carbons (Fsp3) is 1.00. The lowest BCUT2D eigenvalue weighted by atomic mass is 9.61. The van der Waals surface area contributed by atoms with Gasteiger partial charge in [-0.2, -0.15) is 0 Å². The second-order valence-corrected chi connectivity index (χ2v) is 6.97. The molecule has 0 spiro atoms. The lowest BCUT2D eigenvalue weighted by Crippen LogP contribution is -2.35. The molecule has 0 nitrogen and oxygen atoms in total. The summed E-state index contributed by atoms with van der Waals surface area (Å²) in [5.41, 5.74) is 1.25. The Morgan fingerprint density at radius 2 is 1.71 bits per heavy atom. The molecule has 14 heavy (non-hydrogen) atoms. The first-order chi connectivity index (χ1) is 6.43. The van der Waals surface area contributed by atoms with Crippen LogP contribution in [0.2, 0.25) is 0 Å². The van der Waals surface area contributed by atoms with Crippen LogP contribution in [0.25, 0.3) is 0 Å². The lowest BCUT2D eigenvalue weighted by molar-refractivity contribution is 0.0559. The maximum atomic E-state index is 2.55. The molecule has 0 heteroatoms. The molecule has 0 aliphatic heterocycles. The molecule has 2 aliphatic carbocycles. The van der Waals surface area contributed by atoms with E-state index in [1.807, 2.05) is 0 Å². The summed E-state index contributed by atoms with van der Waals surface area (Å²) in [4.78, 5) is 0. The Labute approximate surface area is 89.5 Å². The maximum absolute atomic E-state index is 2.55. The average Bonchev–Trinajstić information content (AvgIpc) is 2.13. The van der Waals surface area contributed by atoms with Crippen LogP contribution in [0.3, 0.4) is 0 Å². The highest BCUT2D eigenvalue weighted by Crippen LogP contribution is 2.55. The van der Waals surface area contributed by atoms with E-state index in [0.29, 0.717) is 10.8 Å². The van der Waals surface area contributed by atoms with Crippen LogP contribution < -0.4 is 0 Å². The van der Waals surface area contributed by atoms with Crippen molar-refractivity contribution in [2.75, 3.05) is 0 Å². The van der Waals surface area contributed by atoms with E-state index in [1.54, 1.807) is 0 Å².